The summed E-state index contributed by atoms with van der Waals surface area (Å²) in [5.74, 6) is 1.63. The molecule has 1 spiro atoms. The molecule has 2 amide bonds. The molecule has 2 aliphatic rings. The molecule has 0 N–H and O–H groups in total. The summed E-state index contributed by atoms with van der Waals surface area (Å²) in [6, 6.07) is 5.75. The zero-order chi connectivity index (χ0) is 20.5. The van der Waals surface area contributed by atoms with E-state index in [4.69, 9.17) is 9.47 Å². The molecule has 1 aromatic carbocycles. The molecule has 0 radical (unpaired) electrons. The van der Waals surface area contributed by atoms with Gasteiger partial charge in [-0.05, 0) is 25.3 Å². The number of ether oxygens (including phenoxy) is 2. The van der Waals surface area contributed by atoms with Gasteiger partial charge in [-0.3, -0.25) is 9.59 Å². The Labute approximate surface area is 167 Å². The zero-order valence-corrected chi connectivity index (χ0v) is 17.7. The minimum atomic E-state index is -0.439. The van der Waals surface area contributed by atoms with Gasteiger partial charge in [0.15, 0.2) is 11.5 Å². The van der Waals surface area contributed by atoms with Crippen molar-refractivity contribution < 1.29 is 19.1 Å². The second-order valence-electron chi connectivity index (χ2n) is 8.99. The van der Waals surface area contributed by atoms with Gasteiger partial charge in [-0.1, -0.05) is 32.9 Å². The van der Waals surface area contributed by atoms with E-state index in [0.29, 0.717) is 31.1 Å². The van der Waals surface area contributed by atoms with E-state index in [1.54, 1.807) is 14.2 Å². The predicted octanol–water partition coefficient (Wildman–Crippen LogP) is 3.09. The Morgan fingerprint density at radius 1 is 1.14 bits per heavy atom. The molecule has 2 fully saturated rings. The van der Waals surface area contributed by atoms with Crippen LogP contribution in [0.25, 0.3) is 0 Å². The molecule has 2 heterocycles. The van der Waals surface area contributed by atoms with Crippen LogP contribution in [0.15, 0.2) is 18.2 Å². The molecule has 6 heteroatoms. The van der Waals surface area contributed by atoms with E-state index >= 15 is 0 Å². The molecule has 28 heavy (non-hydrogen) atoms. The van der Waals surface area contributed by atoms with Gasteiger partial charge in [0, 0.05) is 37.2 Å². The van der Waals surface area contributed by atoms with Crippen molar-refractivity contribution in [3.63, 3.8) is 0 Å². The third kappa shape index (κ3) is 3.69. The summed E-state index contributed by atoms with van der Waals surface area (Å²) >= 11 is 0. The van der Waals surface area contributed by atoms with Crippen LogP contribution >= 0.6 is 0 Å². The van der Waals surface area contributed by atoms with Crippen LogP contribution in [-0.2, 0) is 16.1 Å². The number of para-hydroxylation sites is 1. The van der Waals surface area contributed by atoms with Gasteiger partial charge in [-0.15, -0.1) is 0 Å². The van der Waals surface area contributed by atoms with Crippen LogP contribution < -0.4 is 9.47 Å². The maximum Gasteiger partial charge on any atom is 0.230 e. The van der Waals surface area contributed by atoms with E-state index in [2.05, 4.69) is 0 Å². The van der Waals surface area contributed by atoms with Gasteiger partial charge in [0.05, 0.1) is 19.6 Å². The number of rotatable bonds is 4. The zero-order valence-electron chi connectivity index (χ0n) is 17.7. The lowest BCUT2D eigenvalue weighted by molar-refractivity contribution is -0.147. The number of hydrogen-bond donors (Lipinski definition) is 0. The molecular formula is C22H32N2O4. The van der Waals surface area contributed by atoms with E-state index in [-0.39, 0.29) is 11.8 Å². The lowest BCUT2D eigenvalue weighted by Crippen LogP contribution is -2.50. The Hall–Kier alpha value is -2.24. The van der Waals surface area contributed by atoms with Gasteiger partial charge in [-0.2, -0.15) is 0 Å². The van der Waals surface area contributed by atoms with Crippen LogP contribution in [0.4, 0.5) is 0 Å². The summed E-state index contributed by atoms with van der Waals surface area (Å²) in [6.07, 6.45) is 2.56. The Morgan fingerprint density at radius 3 is 2.54 bits per heavy atom. The summed E-state index contributed by atoms with van der Waals surface area (Å²) in [5.41, 5.74) is 0.0789. The Balaban J connectivity index is 1.78. The molecule has 1 atom stereocenters. The number of amides is 2. The van der Waals surface area contributed by atoms with Crippen molar-refractivity contribution in [1.82, 2.24) is 9.80 Å². The Kier molecular flexibility index (Phi) is 5.60. The first kappa shape index (κ1) is 20.5. The van der Waals surface area contributed by atoms with Gasteiger partial charge < -0.3 is 19.3 Å². The molecule has 2 aliphatic heterocycles. The summed E-state index contributed by atoms with van der Waals surface area (Å²) < 4.78 is 10.9. The molecule has 1 unspecified atom stereocenters. The average molecular weight is 389 g/mol. The van der Waals surface area contributed by atoms with E-state index in [0.717, 1.165) is 31.4 Å². The minimum absolute atomic E-state index is 0.128. The van der Waals surface area contributed by atoms with Crippen molar-refractivity contribution >= 4 is 11.8 Å². The molecule has 0 aliphatic carbocycles. The van der Waals surface area contributed by atoms with E-state index in [1.165, 1.54) is 0 Å². The molecule has 154 valence electrons. The quantitative estimate of drug-likeness (QED) is 0.795. The molecule has 2 saturated heterocycles. The summed E-state index contributed by atoms with van der Waals surface area (Å²) in [6.45, 7) is 8.23. The van der Waals surface area contributed by atoms with Gasteiger partial charge in [0.1, 0.15) is 0 Å². The maximum absolute atomic E-state index is 13.4. The molecule has 0 aromatic heterocycles. The molecule has 1 aromatic rings. The van der Waals surface area contributed by atoms with Crippen LogP contribution in [-0.4, -0.2) is 55.5 Å². The maximum atomic E-state index is 13.4. The van der Waals surface area contributed by atoms with Crippen molar-refractivity contribution in [2.75, 3.05) is 33.9 Å². The monoisotopic (exact) mass is 388 g/mol. The minimum Gasteiger partial charge on any atom is -0.493 e. The number of carbonyl (C=O) groups is 2. The number of carbonyl (C=O) groups excluding carboxylic acids is 2. The van der Waals surface area contributed by atoms with Crippen LogP contribution in [0.1, 0.15) is 45.6 Å². The Morgan fingerprint density at radius 2 is 1.89 bits per heavy atom. The van der Waals surface area contributed by atoms with Crippen LogP contribution in [0.5, 0.6) is 11.5 Å². The van der Waals surface area contributed by atoms with E-state index in [9.17, 15) is 9.59 Å². The Bertz CT molecular complexity index is 755. The second-order valence-corrected chi connectivity index (χ2v) is 8.99. The number of nitrogens with zero attached hydrogens (tertiary/aromatic N) is 2. The van der Waals surface area contributed by atoms with Crippen LogP contribution in [0.2, 0.25) is 0 Å². The highest BCUT2D eigenvalue weighted by Gasteiger charge is 2.50. The van der Waals surface area contributed by atoms with E-state index < -0.39 is 10.8 Å². The van der Waals surface area contributed by atoms with Gasteiger partial charge >= 0.3 is 0 Å². The van der Waals surface area contributed by atoms with Crippen molar-refractivity contribution in [2.45, 2.75) is 46.6 Å². The summed E-state index contributed by atoms with van der Waals surface area (Å²) in [7, 11) is 3.23. The average Bonchev–Trinajstić information content (AvgIpc) is 3.08. The highest BCUT2D eigenvalue weighted by Crippen LogP contribution is 2.42. The van der Waals surface area contributed by atoms with E-state index in [1.807, 2.05) is 48.8 Å². The first-order valence-electron chi connectivity index (χ1n) is 10.0. The fraction of sp³-hybridized carbons (Fsp3) is 0.636. The number of hydrogen-bond acceptors (Lipinski definition) is 4. The predicted molar refractivity (Wildman–Crippen MR) is 107 cm³/mol. The SMILES string of the molecule is COc1cccc(CN2CCCC3(CCN(C(=O)C(C)(C)C)C3)C2=O)c1OC. The number of benzene rings is 1. The molecule has 6 nitrogen and oxygen atoms in total. The standard InChI is InChI=1S/C22H32N2O4/c1-21(2,3)19(25)24-13-11-22(15-24)10-7-12-23(20(22)26)14-16-8-6-9-17(27-4)18(16)28-5/h6,8-9H,7,10-15H2,1-5H3. The van der Waals surface area contributed by atoms with Gasteiger partial charge in [0.2, 0.25) is 11.8 Å². The molecule has 0 saturated carbocycles. The second kappa shape index (κ2) is 7.64. The van der Waals surface area contributed by atoms with Crippen molar-refractivity contribution in [2.24, 2.45) is 10.8 Å². The van der Waals surface area contributed by atoms with Crippen molar-refractivity contribution in [3.8, 4) is 11.5 Å². The van der Waals surface area contributed by atoms with Crippen LogP contribution in [0, 0.1) is 10.8 Å². The normalized spacial score (nSPS) is 22.7. The number of piperidine rings is 1. The third-order valence-electron chi connectivity index (χ3n) is 5.95. The number of likely N-dealkylation sites (tertiary alicyclic amines) is 2. The fourth-order valence-corrected chi connectivity index (χ4v) is 4.49. The van der Waals surface area contributed by atoms with Crippen molar-refractivity contribution in [3.05, 3.63) is 23.8 Å². The fourth-order valence-electron chi connectivity index (χ4n) is 4.49. The lowest BCUT2D eigenvalue weighted by Gasteiger charge is -2.39. The topological polar surface area (TPSA) is 59.1 Å². The lowest BCUT2D eigenvalue weighted by atomic mass is 9.78. The molecule has 3 rings (SSSR count). The van der Waals surface area contributed by atoms with Crippen molar-refractivity contribution in [1.29, 1.82) is 0 Å². The smallest absolute Gasteiger partial charge is 0.230 e. The molecule has 0 bridgehead atoms. The van der Waals surface area contributed by atoms with Crippen LogP contribution in [0.3, 0.4) is 0 Å². The largest absolute Gasteiger partial charge is 0.493 e. The van der Waals surface area contributed by atoms with Gasteiger partial charge in [0.25, 0.3) is 0 Å². The first-order valence-corrected chi connectivity index (χ1v) is 10.0. The highest BCUT2D eigenvalue weighted by atomic mass is 16.5. The van der Waals surface area contributed by atoms with Gasteiger partial charge in [-0.25, -0.2) is 0 Å². The third-order valence-corrected chi connectivity index (χ3v) is 5.95. The summed E-state index contributed by atoms with van der Waals surface area (Å²) in [5, 5.41) is 0. The summed E-state index contributed by atoms with van der Waals surface area (Å²) in [4.78, 5) is 29.9. The highest BCUT2D eigenvalue weighted by molar-refractivity contribution is 5.87. The molecular weight excluding hydrogens is 356 g/mol. The first-order chi connectivity index (χ1) is 13.2. The number of methoxy groups -OCH3 is 2.